The lowest BCUT2D eigenvalue weighted by Crippen LogP contribution is -2.57. The van der Waals surface area contributed by atoms with E-state index < -0.39 is 5.54 Å². The monoisotopic (exact) mass is 263 g/mol. The van der Waals surface area contributed by atoms with Gasteiger partial charge in [0.05, 0.1) is 0 Å². The summed E-state index contributed by atoms with van der Waals surface area (Å²) in [6.07, 6.45) is 4.18. The molecule has 5 heteroatoms. The lowest BCUT2D eigenvalue weighted by Gasteiger charge is -2.38. The Bertz CT molecular complexity index is 438. The molecule has 2 atom stereocenters. The van der Waals surface area contributed by atoms with Crippen molar-refractivity contribution in [1.29, 1.82) is 0 Å². The van der Waals surface area contributed by atoms with Crippen LogP contribution in [-0.2, 0) is 4.79 Å². The maximum Gasteiger partial charge on any atom is 0.325 e. The molecule has 1 saturated heterocycles. The van der Waals surface area contributed by atoms with Gasteiger partial charge in [-0.05, 0) is 26.3 Å². The van der Waals surface area contributed by atoms with Gasteiger partial charge in [-0.1, -0.05) is 12.8 Å². The van der Waals surface area contributed by atoms with E-state index in [1.165, 1.54) is 4.90 Å². The van der Waals surface area contributed by atoms with Crippen LogP contribution in [0.1, 0.15) is 39.0 Å². The number of hydrogen-bond donors (Lipinski definition) is 2. The Morgan fingerprint density at radius 3 is 2.95 bits per heavy atom. The van der Waals surface area contributed by atoms with Crippen molar-refractivity contribution in [1.82, 2.24) is 10.2 Å². The summed E-state index contributed by atoms with van der Waals surface area (Å²) in [7, 11) is 0. The van der Waals surface area contributed by atoms with Crippen LogP contribution in [0.4, 0.5) is 4.79 Å². The molecule has 3 amide bonds. The highest BCUT2D eigenvalue weighted by Gasteiger charge is 2.55. The summed E-state index contributed by atoms with van der Waals surface area (Å²) in [4.78, 5) is 25.9. The zero-order chi connectivity index (χ0) is 13.9. The average Bonchev–Trinajstić information content (AvgIpc) is 2.64. The smallest absolute Gasteiger partial charge is 0.325 e. The summed E-state index contributed by atoms with van der Waals surface area (Å²) in [6.45, 7) is 2.55. The molecule has 5 nitrogen and oxygen atoms in total. The lowest BCUT2D eigenvalue weighted by atomic mass is 9.72. The van der Waals surface area contributed by atoms with Crippen LogP contribution in [0.3, 0.4) is 0 Å². The van der Waals surface area contributed by atoms with Crippen molar-refractivity contribution in [2.24, 2.45) is 11.7 Å². The van der Waals surface area contributed by atoms with Crippen LogP contribution in [-0.4, -0.2) is 35.5 Å². The number of carbonyl (C=O) groups excluding carboxylic acids is 2. The van der Waals surface area contributed by atoms with E-state index in [4.69, 9.17) is 5.73 Å². The SMILES string of the molecule is CC#CCCN1C(=O)NC2(CCCCC2CN)C1=O. The van der Waals surface area contributed by atoms with Gasteiger partial charge in [-0.15, -0.1) is 11.8 Å². The standard InChI is InChI=1S/C14H21N3O2/c1-2-3-6-9-17-12(18)14(16-13(17)19)8-5-4-7-11(14)10-15/h11H,4-10,15H2,1H3,(H,16,19). The number of rotatable bonds is 3. The zero-order valence-electron chi connectivity index (χ0n) is 11.4. The minimum atomic E-state index is -0.746. The molecule has 0 aromatic heterocycles. The molecular formula is C14H21N3O2. The number of nitrogens with two attached hydrogens (primary N) is 1. The van der Waals surface area contributed by atoms with E-state index in [0.717, 1.165) is 19.3 Å². The normalized spacial score (nSPS) is 30.2. The largest absolute Gasteiger partial charge is 0.330 e. The highest BCUT2D eigenvalue weighted by atomic mass is 16.2. The number of imide groups is 1. The first-order chi connectivity index (χ1) is 9.15. The third kappa shape index (κ3) is 2.33. The Balaban J connectivity index is 2.16. The molecule has 3 N–H and O–H groups in total. The van der Waals surface area contributed by atoms with Gasteiger partial charge in [0.1, 0.15) is 5.54 Å². The maximum atomic E-state index is 12.6. The Hall–Kier alpha value is -1.54. The van der Waals surface area contributed by atoms with Gasteiger partial charge in [-0.25, -0.2) is 4.79 Å². The van der Waals surface area contributed by atoms with E-state index in [1.807, 2.05) is 0 Å². The Morgan fingerprint density at radius 1 is 1.47 bits per heavy atom. The van der Waals surface area contributed by atoms with Crippen molar-refractivity contribution >= 4 is 11.9 Å². The fourth-order valence-corrected chi connectivity index (χ4v) is 3.15. The fraction of sp³-hybridized carbons (Fsp3) is 0.714. The number of hydrogen-bond acceptors (Lipinski definition) is 3. The number of nitrogens with zero attached hydrogens (tertiary/aromatic N) is 1. The number of amides is 3. The van der Waals surface area contributed by atoms with Crippen LogP contribution in [0.15, 0.2) is 0 Å². The second-order valence-electron chi connectivity index (χ2n) is 5.21. The number of carbonyl (C=O) groups is 2. The molecule has 1 saturated carbocycles. The average molecular weight is 263 g/mol. The molecule has 0 bridgehead atoms. The number of nitrogens with one attached hydrogen (secondary N) is 1. The van der Waals surface area contributed by atoms with Gasteiger partial charge in [-0.3, -0.25) is 9.69 Å². The van der Waals surface area contributed by atoms with Gasteiger partial charge >= 0.3 is 6.03 Å². The van der Waals surface area contributed by atoms with Crippen LogP contribution in [0, 0.1) is 17.8 Å². The first-order valence-corrected chi connectivity index (χ1v) is 6.89. The van der Waals surface area contributed by atoms with Gasteiger partial charge in [0, 0.05) is 18.9 Å². The van der Waals surface area contributed by atoms with E-state index in [-0.39, 0.29) is 17.9 Å². The summed E-state index contributed by atoms with van der Waals surface area (Å²) in [6, 6.07) is -0.289. The molecule has 2 aliphatic rings. The van der Waals surface area contributed by atoms with Gasteiger partial charge in [0.15, 0.2) is 0 Å². The van der Waals surface area contributed by atoms with Gasteiger partial charge < -0.3 is 11.1 Å². The topological polar surface area (TPSA) is 75.4 Å². The molecule has 2 fully saturated rings. The van der Waals surface area contributed by atoms with Crippen molar-refractivity contribution in [3.63, 3.8) is 0 Å². The molecule has 1 aliphatic heterocycles. The fourth-order valence-electron chi connectivity index (χ4n) is 3.15. The van der Waals surface area contributed by atoms with Crippen LogP contribution in [0.5, 0.6) is 0 Å². The summed E-state index contributed by atoms with van der Waals surface area (Å²) in [5.41, 5.74) is 5.04. The molecule has 2 unspecified atom stereocenters. The Morgan fingerprint density at radius 2 is 2.26 bits per heavy atom. The molecule has 104 valence electrons. The molecule has 0 aromatic rings. The second-order valence-corrected chi connectivity index (χ2v) is 5.21. The van der Waals surface area contributed by atoms with Crippen LogP contribution in [0.2, 0.25) is 0 Å². The molecule has 1 heterocycles. The van der Waals surface area contributed by atoms with E-state index in [1.54, 1.807) is 6.92 Å². The summed E-state index contributed by atoms with van der Waals surface area (Å²) < 4.78 is 0. The van der Waals surface area contributed by atoms with Crippen LogP contribution in [0.25, 0.3) is 0 Å². The van der Waals surface area contributed by atoms with Crippen LogP contribution >= 0.6 is 0 Å². The van der Waals surface area contributed by atoms with Gasteiger partial charge in [0.2, 0.25) is 0 Å². The highest BCUT2D eigenvalue weighted by molar-refractivity contribution is 6.07. The van der Waals surface area contributed by atoms with Crippen molar-refractivity contribution in [2.75, 3.05) is 13.1 Å². The summed E-state index contributed by atoms with van der Waals surface area (Å²) in [5.74, 6) is 5.61. The third-order valence-corrected chi connectivity index (χ3v) is 4.19. The Kier molecular flexibility index (Phi) is 4.11. The van der Waals surface area contributed by atoms with Crippen molar-refractivity contribution in [3.05, 3.63) is 0 Å². The first kappa shape index (κ1) is 13.9. The molecule has 1 spiro atoms. The molecule has 19 heavy (non-hydrogen) atoms. The number of urea groups is 1. The third-order valence-electron chi connectivity index (χ3n) is 4.19. The molecule has 0 aromatic carbocycles. The summed E-state index contributed by atoms with van der Waals surface area (Å²) in [5, 5.41) is 2.91. The minimum Gasteiger partial charge on any atom is -0.330 e. The molecule has 1 aliphatic carbocycles. The highest BCUT2D eigenvalue weighted by Crippen LogP contribution is 2.37. The van der Waals surface area contributed by atoms with Crippen molar-refractivity contribution < 1.29 is 9.59 Å². The molecule has 0 radical (unpaired) electrons. The Labute approximate surface area is 113 Å². The quantitative estimate of drug-likeness (QED) is 0.585. The second kappa shape index (κ2) is 5.62. The van der Waals surface area contributed by atoms with Crippen molar-refractivity contribution in [2.45, 2.75) is 44.6 Å². The minimum absolute atomic E-state index is 0.0555. The predicted octanol–water partition coefficient (Wildman–Crippen LogP) is 0.839. The lowest BCUT2D eigenvalue weighted by molar-refractivity contribution is -0.134. The van der Waals surface area contributed by atoms with Crippen LogP contribution < -0.4 is 11.1 Å². The van der Waals surface area contributed by atoms with Crippen molar-refractivity contribution in [3.8, 4) is 11.8 Å². The van der Waals surface area contributed by atoms with E-state index in [9.17, 15) is 9.59 Å². The summed E-state index contributed by atoms with van der Waals surface area (Å²) >= 11 is 0. The van der Waals surface area contributed by atoms with Gasteiger partial charge in [-0.2, -0.15) is 0 Å². The molecular weight excluding hydrogens is 242 g/mol. The van der Waals surface area contributed by atoms with E-state index in [2.05, 4.69) is 17.2 Å². The van der Waals surface area contributed by atoms with E-state index >= 15 is 0 Å². The van der Waals surface area contributed by atoms with E-state index in [0.29, 0.717) is 25.9 Å². The predicted molar refractivity (Wildman–Crippen MR) is 72.1 cm³/mol. The molecule has 2 rings (SSSR count). The maximum absolute atomic E-state index is 12.6. The zero-order valence-corrected chi connectivity index (χ0v) is 11.4. The van der Waals surface area contributed by atoms with Gasteiger partial charge in [0.25, 0.3) is 5.91 Å². The first-order valence-electron chi connectivity index (χ1n) is 6.89.